The van der Waals surface area contributed by atoms with Crippen LogP contribution in [-0.2, 0) is 25.5 Å². The van der Waals surface area contributed by atoms with Crippen molar-refractivity contribution in [2.24, 2.45) is 0 Å². The van der Waals surface area contributed by atoms with E-state index in [1.807, 2.05) is 30.3 Å². The Kier molecular flexibility index (Phi) is 7.88. The first-order chi connectivity index (χ1) is 12.2. The van der Waals surface area contributed by atoms with Crippen LogP contribution in [0.2, 0.25) is 0 Å². The van der Waals surface area contributed by atoms with Gasteiger partial charge in [0.2, 0.25) is 11.8 Å². The topological polar surface area (TPSA) is 59.1 Å². The third-order valence-electron chi connectivity index (χ3n) is 4.45. The lowest BCUT2D eigenvalue weighted by atomic mass is 10.0. The quantitative estimate of drug-likeness (QED) is 0.599. The van der Waals surface area contributed by atoms with Gasteiger partial charge in [-0.1, -0.05) is 30.3 Å². The molecule has 0 aromatic heterocycles. The molecule has 2 amide bonds. The van der Waals surface area contributed by atoms with Crippen LogP contribution in [0.3, 0.4) is 0 Å². The van der Waals surface area contributed by atoms with E-state index in [1.165, 1.54) is 0 Å². The van der Waals surface area contributed by atoms with Crippen LogP contribution < -0.4 is 0 Å². The van der Waals surface area contributed by atoms with E-state index in [0.717, 1.165) is 18.4 Å². The van der Waals surface area contributed by atoms with E-state index in [-0.39, 0.29) is 18.4 Å². The second-order valence-electron chi connectivity index (χ2n) is 6.25. The van der Waals surface area contributed by atoms with E-state index in [1.54, 1.807) is 24.0 Å². The van der Waals surface area contributed by atoms with Crippen LogP contribution in [-0.4, -0.2) is 74.7 Å². The second-order valence-corrected chi connectivity index (χ2v) is 6.25. The van der Waals surface area contributed by atoms with Crippen LogP contribution in [0.25, 0.3) is 0 Å². The number of piperazine rings is 1. The van der Waals surface area contributed by atoms with E-state index >= 15 is 0 Å². The summed E-state index contributed by atoms with van der Waals surface area (Å²) >= 11 is 0. The summed E-state index contributed by atoms with van der Waals surface area (Å²) in [4.78, 5) is 28.9. The first-order valence-electron chi connectivity index (χ1n) is 8.77. The number of carbonyl (C=O) groups is 2. The van der Waals surface area contributed by atoms with E-state index in [9.17, 15) is 9.59 Å². The van der Waals surface area contributed by atoms with Crippen LogP contribution >= 0.6 is 0 Å². The normalized spacial score (nSPS) is 18.1. The minimum Gasteiger partial charge on any atom is -0.385 e. The maximum absolute atomic E-state index is 12.9. The van der Waals surface area contributed by atoms with Gasteiger partial charge in [0.05, 0.1) is 13.2 Å². The first-order valence-corrected chi connectivity index (χ1v) is 8.77. The van der Waals surface area contributed by atoms with Gasteiger partial charge in [0.1, 0.15) is 6.04 Å². The highest BCUT2D eigenvalue weighted by molar-refractivity contribution is 5.95. The highest BCUT2D eigenvalue weighted by Crippen LogP contribution is 2.18. The molecule has 6 heteroatoms. The van der Waals surface area contributed by atoms with Gasteiger partial charge in [-0.2, -0.15) is 0 Å². The zero-order chi connectivity index (χ0) is 18.1. The fraction of sp³-hybridized carbons (Fsp3) is 0.579. The summed E-state index contributed by atoms with van der Waals surface area (Å²) in [6, 6.07) is 9.41. The van der Waals surface area contributed by atoms with E-state index in [0.29, 0.717) is 32.7 Å². The zero-order valence-corrected chi connectivity index (χ0v) is 15.1. The molecule has 0 unspecified atom stereocenters. The van der Waals surface area contributed by atoms with Gasteiger partial charge in [0, 0.05) is 40.3 Å². The molecule has 1 aromatic carbocycles. The van der Waals surface area contributed by atoms with Gasteiger partial charge in [-0.25, -0.2) is 0 Å². The van der Waals surface area contributed by atoms with Gasteiger partial charge in [0.15, 0.2) is 0 Å². The molecule has 0 N–H and O–H groups in total. The standard InChI is InChI=1S/C19H28N2O4/c1-24-12-7-6-10-21-17(14-16-8-4-3-5-9-16)19(23)20(11-13-25-2)15-18(21)22/h3-5,8-9,17H,6-7,10-15H2,1-2H3/t17-/m1/s1. The van der Waals surface area contributed by atoms with Gasteiger partial charge in [-0.15, -0.1) is 0 Å². The third kappa shape index (κ3) is 5.54. The molecule has 25 heavy (non-hydrogen) atoms. The molecule has 1 aliphatic heterocycles. The Morgan fingerprint density at radius 2 is 1.72 bits per heavy atom. The zero-order valence-electron chi connectivity index (χ0n) is 15.1. The minimum absolute atomic E-state index is 0.00671. The molecule has 0 saturated carbocycles. The number of ether oxygens (including phenoxy) is 2. The smallest absolute Gasteiger partial charge is 0.246 e. The number of carbonyl (C=O) groups excluding carboxylic acids is 2. The summed E-state index contributed by atoms with van der Waals surface area (Å²) in [6.45, 7) is 2.27. The molecule has 1 heterocycles. The Labute approximate surface area is 149 Å². The Balaban J connectivity index is 2.10. The van der Waals surface area contributed by atoms with Crippen molar-refractivity contribution >= 4 is 11.8 Å². The summed E-state index contributed by atoms with van der Waals surface area (Å²) in [7, 11) is 3.27. The van der Waals surface area contributed by atoms with Gasteiger partial charge < -0.3 is 19.3 Å². The van der Waals surface area contributed by atoms with Crippen molar-refractivity contribution < 1.29 is 19.1 Å². The molecule has 1 aromatic rings. The van der Waals surface area contributed by atoms with Crippen molar-refractivity contribution in [1.29, 1.82) is 0 Å². The molecule has 1 atom stereocenters. The lowest BCUT2D eigenvalue weighted by Crippen LogP contribution is -2.61. The Bertz CT molecular complexity index is 550. The van der Waals surface area contributed by atoms with Crippen LogP contribution in [0.5, 0.6) is 0 Å². The summed E-state index contributed by atoms with van der Waals surface area (Å²) in [5.74, 6) is 0.0151. The largest absolute Gasteiger partial charge is 0.385 e. The fourth-order valence-corrected chi connectivity index (χ4v) is 3.08. The maximum Gasteiger partial charge on any atom is 0.246 e. The van der Waals surface area contributed by atoms with Gasteiger partial charge in [0.25, 0.3) is 0 Å². The van der Waals surface area contributed by atoms with Gasteiger partial charge in [-0.05, 0) is 18.4 Å². The Morgan fingerprint density at radius 3 is 2.40 bits per heavy atom. The van der Waals surface area contributed by atoms with Crippen molar-refractivity contribution in [2.45, 2.75) is 25.3 Å². The molecule has 1 aliphatic rings. The predicted molar refractivity (Wildman–Crippen MR) is 95.2 cm³/mol. The number of methoxy groups -OCH3 is 2. The maximum atomic E-state index is 12.9. The van der Waals surface area contributed by atoms with E-state index in [4.69, 9.17) is 9.47 Å². The number of unbranched alkanes of at least 4 members (excludes halogenated alkanes) is 1. The van der Waals surface area contributed by atoms with E-state index < -0.39 is 6.04 Å². The van der Waals surface area contributed by atoms with Crippen molar-refractivity contribution in [3.63, 3.8) is 0 Å². The molecular weight excluding hydrogens is 320 g/mol. The van der Waals surface area contributed by atoms with Crippen molar-refractivity contribution in [1.82, 2.24) is 9.80 Å². The molecule has 2 rings (SSSR count). The predicted octanol–water partition coefficient (Wildman–Crippen LogP) is 1.34. The number of rotatable bonds is 10. The van der Waals surface area contributed by atoms with Crippen LogP contribution in [0, 0.1) is 0 Å². The minimum atomic E-state index is -0.442. The lowest BCUT2D eigenvalue weighted by molar-refractivity contribution is -0.156. The average molecular weight is 348 g/mol. The highest BCUT2D eigenvalue weighted by Gasteiger charge is 2.38. The SMILES string of the molecule is COCCCCN1C(=O)CN(CCOC)C(=O)[C@H]1Cc1ccccc1. The fourth-order valence-electron chi connectivity index (χ4n) is 3.08. The summed E-state index contributed by atoms with van der Waals surface area (Å²) in [6.07, 6.45) is 2.25. The van der Waals surface area contributed by atoms with E-state index in [2.05, 4.69) is 0 Å². The molecule has 138 valence electrons. The number of hydrogen-bond acceptors (Lipinski definition) is 4. The number of amides is 2. The average Bonchev–Trinajstić information content (AvgIpc) is 2.63. The second kappa shape index (κ2) is 10.2. The molecular formula is C19H28N2O4. The van der Waals surface area contributed by atoms with Crippen molar-refractivity contribution in [2.75, 3.05) is 47.1 Å². The van der Waals surface area contributed by atoms with Crippen molar-refractivity contribution in [3.8, 4) is 0 Å². The summed E-state index contributed by atoms with van der Waals surface area (Å²) in [5.41, 5.74) is 1.06. The molecule has 0 radical (unpaired) electrons. The van der Waals surface area contributed by atoms with Crippen molar-refractivity contribution in [3.05, 3.63) is 35.9 Å². The molecule has 1 saturated heterocycles. The molecule has 1 fully saturated rings. The van der Waals surface area contributed by atoms with Gasteiger partial charge >= 0.3 is 0 Å². The molecule has 0 bridgehead atoms. The van der Waals surface area contributed by atoms with Crippen LogP contribution in [0.4, 0.5) is 0 Å². The van der Waals surface area contributed by atoms with Crippen LogP contribution in [0.15, 0.2) is 30.3 Å². The molecule has 6 nitrogen and oxygen atoms in total. The van der Waals surface area contributed by atoms with Gasteiger partial charge in [-0.3, -0.25) is 9.59 Å². The summed E-state index contributed by atoms with van der Waals surface area (Å²) in [5, 5.41) is 0. The third-order valence-corrected chi connectivity index (χ3v) is 4.45. The molecule has 0 spiro atoms. The first kappa shape index (κ1) is 19.4. The highest BCUT2D eigenvalue weighted by atomic mass is 16.5. The van der Waals surface area contributed by atoms with Crippen LogP contribution in [0.1, 0.15) is 18.4 Å². The monoisotopic (exact) mass is 348 g/mol. The molecule has 0 aliphatic carbocycles. The Hall–Kier alpha value is -1.92. The Morgan fingerprint density at radius 1 is 1.00 bits per heavy atom. The number of nitrogens with zero attached hydrogens (tertiary/aromatic N) is 2. The number of benzene rings is 1. The number of hydrogen-bond donors (Lipinski definition) is 0. The lowest BCUT2D eigenvalue weighted by Gasteiger charge is -2.40. The summed E-state index contributed by atoms with van der Waals surface area (Å²) < 4.78 is 10.1.